The molecule has 0 aliphatic rings. The van der Waals surface area contributed by atoms with Crippen molar-refractivity contribution in [2.75, 3.05) is 0 Å². The third-order valence-corrected chi connectivity index (χ3v) is 3.53. The van der Waals surface area contributed by atoms with Crippen LogP contribution in [0.5, 0.6) is 0 Å². The van der Waals surface area contributed by atoms with Crippen LogP contribution in [0.25, 0.3) is 0 Å². The van der Waals surface area contributed by atoms with Crippen LogP contribution in [0.1, 0.15) is 84.0 Å². The van der Waals surface area contributed by atoms with Gasteiger partial charge in [0.2, 0.25) is 0 Å². The molecule has 0 aromatic rings. The van der Waals surface area contributed by atoms with Gasteiger partial charge in [0, 0.05) is 6.42 Å². The van der Waals surface area contributed by atoms with Crippen molar-refractivity contribution in [2.24, 2.45) is 0 Å². The average molecular weight is 306 g/mol. The molecule has 0 saturated carbocycles. The maximum absolute atomic E-state index is 10.3. The highest BCUT2D eigenvalue weighted by molar-refractivity contribution is 5.66. The molecule has 0 fully saturated rings. The van der Waals surface area contributed by atoms with Gasteiger partial charge < -0.3 is 5.11 Å². The zero-order chi connectivity index (χ0) is 16.3. The molecule has 0 atom stereocenters. The Morgan fingerprint density at radius 2 is 1.23 bits per heavy atom. The molecule has 0 heterocycles. The largest absolute Gasteiger partial charge is 0.481 e. The Bertz CT molecular complexity index is 327. The van der Waals surface area contributed by atoms with Gasteiger partial charge in [-0.1, -0.05) is 75.5 Å². The zero-order valence-electron chi connectivity index (χ0n) is 14.3. The molecule has 2 nitrogen and oxygen atoms in total. The normalized spacial score (nSPS) is 12.0. The summed E-state index contributed by atoms with van der Waals surface area (Å²) in [7, 11) is 0. The van der Waals surface area contributed by atoms with E-state index < -0.39 is 5.97 Å². The fourth-order valence-corrected chi connectivity index (χ4v) is 2.17. The minimum absolute atomic E-state index is 0.319. The van der Waals surface area contributed by atoms with Crippen LogP contribution in [0.3, 0.4) is 0 Å². The van der Waals surface area contributed by atoms with E-state index in [1.807, 2.05) is 0 Å². The van der Waals surface area contributed by atoms with E-state index in [9.17, 15) is 4.79 Å². The van der Waals surface area contributed by atoms with Gasteiger partial charge in [-0.15, -0.1) is 0 Å². The van der Waals surface area contributed by atoms with Gasteiger partial charge in [-0.2, -0.15) is 0 Å². The summed E-state index contributed by atoms with van der Waals surface area (Å²) in [6.07, 6.45) is 26.3. The van der Waals surface area contributed by atoms with Gasteiger partial charge in [0.1, 0.15) is 0 Å². The molecule has 0 unspecified atom stereocenters. The number of carbonyl (C=O) groups is 1. The molecule has 0 radical (unpaired) electrons. The van der Waals surface area contributed by atoms with Crippen molar-refractivity contribution in [1.82, 2.24) is 0 Å². The lowest BCUT2D eigenvalue weighted by Gasteiger charge is -1.98. The van der Waals surface area contributed by atoms with Crippen molar-refractivity contribution in [2.45, 2.75) is 84.0 Å². The summed E-state index contributed by atoms with van der Waals surface area (Å²) < 4.78 is 0. The number of unbranched alkanes of at least 4 members (excludes halogenated alkanes) is 7. The average Bonchev–Trinajstić information content (AvgIpc) is 2.50. The molecule has 0 bridgehead atoms. The standard InChI is InChI=1S/C20H34O2/c1-2-3-4-5-6-7-8-9-10-11-12-13-14-15-16-17-18-19-20(21)22/h5-6,8-9,11-12H,2-4,7,10,13-19H2,1H3,(H,21,22)/b6-5-,9-8-,12-11-. The molecule has 0 rings (SSSR count). The van der Waals surface area contributed by atoms with Crippen LogP contribution < -0.4 is 0 Å². The van der Waals surface area contributed by atoms with Gasteiger partial charge in [-0.25, -0.2) is 0 Å². The Hall–Kier alpha value is -1.31. The van der Waals surface area contributed by atoms with Crippen molar-refractivity contribution >= 4 is 5.97 Å². The Labute approximate surface area is 137 Å². The van der Waals surface area contributed by atoms with Crippen molar-refractivity contribution in [3.05, 3.63) is 36.5 Å². The number of allylic oxidation sites excluding steroid dienone is 6. The third kappa shape index (κ3) is 18.7. The second kappa shape index (κ2) is 17.7. The molecule has 0 aromatic carbocycles. The van der Waals surface area contributed by atoms with Crippen molar-refractivity contribution in [3.63, 3.8) is 0 Å². The molecule has 0 aromatic heterocycles. The van der Waals surface area contributed by atoms with Crippen molar-refractivity contribution < 1.29 is 9.90 Å². The Morgan fingerprint density at radius 3 is 1.82 bits per heavy atom. The highest BCUT2D eigenvalue weighted by Gasteiger charge is 1.95. The van der Waals surface area contributed by atoms with Gasteiger partial charge in [-0.3, -0.25) is 4.79 Å². The van der Waals surface area contributed by atoms with Gasteiger partial charge in [0.15, 0.2) is 0 Å². The van der Waals surface area contributed by atoms with E-state index in [0.29, 0.717) is 6.42 Å². The summed E-state index contributed by atoms with van der Waals surface area (Å²) in [4.78, 5) is 10.3. The molecule has 0 saturated heterocycles. The highest BCUT2D eigenvalue weighted by Crippen LogP contribution is 2.07. The lowest BCUT2D eigenvalue weighted by molar-refractivity contribution is -0.137. The van der Waals surface area contributed by atoms with E-state index in [0.717, 1.165) is 38.5 Å². The molecule has 0 amide bonds. The second-order valence-corrected chi connectivity index (χ2v) is 5.73. The summed E-state index contributed by atoms with van der Waals surface area (Å²) in [5.74, 6) is -0.674. The van der Waals surface area contributed by atoms with Crippen LogP contribution in [0.4, 0.5) is 0 Å². The van der Waals surface area contributed by atoms with Crippen molar-refractivity contribution in [1.29, 1.82) is 0 Å². The number of hydrogen-bond donors (Lipinski definition) is 1. The summed E-state index contributed by atoms with van der Waals surface area (Å²) in [5, 5.41) is 8.52. The third-order valence-electron chi connectivity index (χ3n) is 3.53. The zero-order valence-corrected chi connectivity index (χ0v) is 14.3. The van der Waals surface area contributed by atoms with Crippen LogP contribution in [0.2, 0.25) is 0 Å². The van der Waals surface area contributed by atoms with E-state index in [4.69, 9.17) is 5.11 Å². The van der Waals surface area contributed by atoms with Crippen LogP contribution >= 0.6 is 0 Å². The molecule has 0 aliphatic heterocycles. The monoisotopic (exact) mass is 306 g/mol. The summed E-state index contributed by atoms with van der Waals surface area (Å²) in [6.45, 7) is 2.22. The molecule has 126 valence electrons. The Balaban J connectivity index is 3.26. The Morgan fingerprint density at radius 1 is 0.727 bits per heavy atom. The van der Waals surface area contributed by atoms with Gasteiger partial charge in [-0.05, 0) is 38.5 Å². The van der Waals surface area contributed by atoms with Crippen LogP contribution in [0.15, 0.2) is 36.5 Å². The number of carboxylic acid groups (broad SMARTS) is 1. The SMILES string of the molecule is CCCC/C=C\C/C=C\C/C=C\CCCCCCCC(=O)O. The molecule has 1 N–H and O–H groups in total. The first kappa shape index (κ1) is 20.7. The van der Waals surface area contributed by atoms with E-state index in [2.05, 4.69) is 43.4 Å². The summed E-state index contributed by atoms with van der Waals surface area (Å²) >= 11 is 0. The lowest BCUT2D eigenvalue weighted by Crippen LogP contribution is -1.93. The van der Waals surface area contributed by atoms with Crippen molar-refractivity contribution in [3.8, 4) is 0 Å². The molecule has 2 heteroatoms. The lowest BCUT2D eigenvalue weighted by atomic mass is 10.1. The van der Waals surface area contributed by atoms with Gasteiger partial charge >= 0.3 is 5.97 Å². The molecule has 0 spiro atoms. The molecular formula is C20H34O2. The number of aliphatic carboxylic acids is 1. The molecular weight excluding hydrogens is 272 g/mol. The van der Waals surface area contributed by atoms with E-state index in [1.165, 1.54) is 32.1 Å². The fraction of sp³-hybridized carbons (Fsp3) is 0.650. The van der Waals surface area contributed by atoms with E-state index in [-0.39, 0.29) is 0 Å². The first-order valence-electron chi connectivity index (χ1n) is 8.94. The predicted molar refractivity (Wildman–Crippen MR) is 96.1 cm³/mol. The first-order valence-corrected chi connectivity index (χ1v) is 8.94. The first-order chi connectivity index (χ1) is 10.8. The predicted octanol–water partition coefficient (Wildman–Crippen LogP) is 6.44. The number of rotatable bonds is 15. The second-order valence-electron chi connectivity index (χ2n) is 5.73. The number of hydrogen-bond acceptors (Lipinski definition) is 1. The quantitative estimate of drug-likeness (QED) is 0.279. The van der Waals surface area contributed by atoms with Gasteiger partial charge in [0.25, 0.3) is 0 Å². The summed E-state index contributed by atoms with van der Waals surface area (Å²) in [5.41, 5.74) is 0. The van der Waals surface area contributed by atoms with Crippen LogP contribution in [0, 0.1) is 0 Å². The maximum Gasteiger partial charge on any atom is 0.303 e. The smallest absolute Gasteiger partial charge is 0.303 e. The topological polar surface area (TPSA) is 37.3 Å². The summed E-state index contributed by atoms with van der Waals surface area (Å²) in [6, 6.07) is 0. The molecule has 22 heavy (non-hydrogen) atoms. The number of carboxylic acids is 1. The fourth-order valence-electron chi connectivity index (χ4n) is 2.17. The van der Waals surface area contributed by atoms with Gasteiger partial charge in [0.05, 0.1) is 0 Å². The minimum atomic E-state index is -0.674. The van der Waals surface area contributed by atoms with E-state index in [1.54, 1.807) is 0 Å². The van der Waals surface area contributed by atoms with Crippen LogP contribution in [-0.2, 0) is 4.79 Å². The van der Waals surface area contributed by atoms with E-state index >= 15 is 0 Å². The minimum Gasteiger partial charge on any atom is -0.481 e. The van der Waals surface area contributed by atoms with Crippen LogP contribution in [-0.4, -0.2) is 11.1 Å². The highest BCUT2D eigenvalue weighted by atomic mass is 16.4. The molecule has 0 aliphatic carbocycles. The maximum atomic E-state index is 10.3. The Kier molecular flexibility index (Phi) is 16.7.